The van der Waals surface area contributed by atoms with E-state index in [2.05, 4.69) is 138 Å². The zero-order chi connectivity index (χ0) is 29.0. The summed E-state index contributed by atoms with van der Waals surface area (Å²) in [6.07, 6.45) is 6.48. The Hall–Kier alpha value is -5.08. The number of furan rings is 1. The third-order valence-corrected chi connectivity index (χ3v) is 9.78. The van der Waals surface area contributed by atoms with E-state index >= 15 is 0 Å². The van der Waals surface area contributed by atoms with Gasteiger partial charge in [0.25, 0.3) is 0 Å². The lowest BCUT2D eigenvalue weighted by molar-refractivity contribution is 0.445. The molecule has 212 valence electrons. The zero-order valence-corrected chi connectivity index (χ0v) is 24.7. The van der Waals surface area contributed by atoms with Gasteiger partial charge in [0.05, 0.1) is 5.69 Å². The predicted molar refractivity (Wildman–Crippen MR) is 187 cm³/mol. The molecular formula is C42H33NO. The van der Waals surface area contributed by atoms with Crippen molar-refractivity contribution >= 4 is 71.3 Å². The smallest absolute Gasteiger partial charge is 0.143 e. The molecule has 1 aromatic heterocycles. The van der Waals surface area contributed by atoms with Crippen LogP contribution in [0.25, 0.3) is 54.3 Å². The molecule has 1 heterocycles. The van der Waals surface area contributed by atoms with Gasteiger partial charge in [-0.15, -0.1) is 0 Å². The van der Waals surface area contributed by atoms with E-state index in [1.54, 1.807) is 0 Å². The van der Waals surface area contributed by atoms with Crippen molar-refractivity contribution < 1.29 is 4.42 Å². The van der Waals surface area contributed by atoms with Gasteiger partial charge in [0.15, 0.2) is 0 Å². The van der Waals surface area contributed by atoms with Gasteiger partial charge >= 0.3 is 0 Å². The highest BCUT2D eigenvalue weighted by atomic mass is 16.3. The van der Waals surface area contributed by atoms with Gasteiger partial charge in [0.2, 0.25) is 0 Å². The SMILES string of the molecule is c1ccc2cc(N(c3ccc4ccccc4c3)c3cc4c(oc5cccc(C6CCCCC6)c54)c4ccccc34)ccc2c1. The van der Waals surface area contributed by atoms with Crippen molar-refractivity contribution in [3.8, 4) is 0 Å². The third kappa shape index (κ3) is 4.09. The van der Waals surface area contributed by atoms with Crippen molar-refractivity contribution in [2.75, 3.05) is 4.90 Å². The van der Waals surface area contributed by atoms with Crippen LogP contribution in [0, 0.1) is 0 Å². The Morgan fingerprint density at radius 1 is 0.500 bits per heavy atom. The second-order valence-corrected chi connectivity index (χ2v) is 12.4. The minimum absolute atomic E-state index is 0.584. The lowest BCUT2D eigenvalue weighted by Crippen LogP contribution is -2.10. The fourth-order valence-electron chi connectivity index (χ4n) is 7.65. The highest BCUT2D eigenvalue weighted by molar-refractivity contribution is 6.20. The molecule has 0 unspecified atom stereocenters. The number of fused-ring (bicyclic) bond motifs is 7. The van der Waals surface area contributed by atoms with Gasteiger partial charge in [-0.25, -0.2) is 0 Å². The summed E-state index contributed by atoms with van der Waals surface area (Å²) in [6, 6.07) is 48.8. The molecule has 1 saturated carbocycles. The number of nitrogens with zero attached hydrogens (tertiary/aromatic N) is 1. The molecule has 1 aliphatic rings. The van der Waals surface area contributed by atoms with Crippen LogP contribution in [0.5, 0.6) is 0 Å². The summed E-state index contributed by atoms with van der Waals surface area (Å²) >= 11 is 0. The Balaban J connectivity index is 1.37. The molecule has 44 heavy (non-hydrogen) atoms. The minimum atomic E-state index is 0.584. The van der Waals surface area contributed by atoms with E-state index in [0.29, 0.717) is 5.92 Å². The Morgan fingerprint density at radius 3 is 1.80 bits per heavy atom. The first-order valence-corrected chi connectivity index (χ1v) is 16.0. The van der Waals surface area contributed by atoms with E-state index in [-0.39, 0.29) is 0 Å². The van der Waals surface area contributed by atoms with Crippen LogP contribution in [-0.4, -0.2) is 0 Å². The van der Waals surface area contributed by atoms with Gasteiger partial charge in [0, 0.05) is 32.9 Å². The summed E-state index contributed by atoms with van der Waals surface area (Å²) in [5.41, 5.74) is 6.88. The molecule has 0 radical (unpaired) electrons. The Bertz CT molecular complexity index is 2260. The van der Waals surface area contributed by atoms with E-state index in [1.807, 2.05) is 0 Å². The average molecular weight is 568 g/mol. The second-order valence-electron chi connectivity index (χ2n) is 12.4. The van der Waals surface area contributed by atoms with Gasteiger partial charge in [-0.1, -0.05) is 116 Å². The van der Waals surface area contributed by atoms with Gasteiger partial charge in [-0.2, -0.15) is 0 Å². The second kappa shape index (κ2) is 10.3. The largest absolute Gasteiger partial charge is 0.455 e. The third-order valence-electron chi connectivity index (χ3n) is 9.78. The van der Waals surface area contributed by atoms with Crippen LogP contribution in [0.3, 0.4) is 0 Å². The number of hydrogen-bond acceptors (Lipinski definition) is 2. The van der Waals surface area contributed by atoms with Crippen molar-refractivity contribution in [3.05, 3.63) is 139 Å². The van der Waals surface area contributed by atoms with Crippen LogP contribution in [0.4, 0.5) is 17.1 Å². The number of benzene rings is 7. The summed E-state index contributed by atoms with van der Waals surface area (Å²) in [6.45, 7) is 0. The zero-order valence-electron chi connectivity index (χ0n) is 24.7. The molecule has 1 aliphatic carbocycles. The normalized spacial score (nSPS) is 14.3. The first kappa shape index (κ1) is 25.4. The van der Waals surface area contributed by atoms with Crippen LogP contribution in [0.1, 0.15) is 43.6 Å². The van der Waals surface area contributed by atoms with Crippen LogP contribution < -0.4 is 4.90 Å². The summed E-state index contributed by atoms with van der Waals surface area (Å²) in [4.78, 5) is 2.45. The maximum Gasteiger partial charge on any atom is 0.143 e. The lowest BCUT2D eigenvalue weighted by atomic mass is 9.82. The lowest BCUT2D eigenvalue weighted by Gasteiger charge is -2.28. The van der Waals surface area contributed by atoms with Crippen molar-refractivity contribution in [1.82, 2.24) is 0 Å². The molecule has 0 atom stereocenters. The molecule has 2 nitrogen and oxygen atoms in total. The molecule has 9 rings (SSSR count). The topological polar surface area (TPSA) is 16.4 Å². The first-order chi connectivity index (χ1) is 21.8. The summed E-state index contributed by atoms with van der Waals surface area (Å²) < 4.78 is 6.74. The summed E-state index contributed by atoms with van der Waals surface area (Å²) in [5, 5.41) is 9.78. The van der Waals surface area contributed by atoms with Crippen LogP contribution in [0.15, 0.2) is 138 Å². The van der Waals surface area contributed by atoms with Crippen molar-refractivity contribution in [2.24, 2.45) is 0 Å². The number of rotatable bonds is 4. The van der Waals surface area contributed by atoms with Gasteiger partial charge < -0.3 is 9.32 Å². The van der Waals surface area contributed by atoms with Crippen LogP contribution in [-0.2, 0) is 0 Å². The van der Waals surface area contributed by atoms with Crippen molar-refractivity contribution in [1.29, 1.82) is 0 Å². The first-order valence-electron chi connectivity index (χ1n) is 16.0. The molecule has 1 fully saturated rings. The van der Waals surface area contributed by atoms with E-state index < -0.39 is 0 Å². The van der Waals surface area contributed by atoms with E-state index in [0.717, 1.165) is 27.9 Å². The summed E-state index contributed by atoms with van der Waals surface area (Å²) in [5.74, 6) is 0.584. The van der Waals surface area contributed by atoms with Gasteiger partial charge in [-0.3, -0.25) is 0 Å². The molecule has 7 aromatic carbocycles. The van der Waals surface area contributed by atoms with Gasteiger partial charge in [-0.05, 0) is 82.3 Å². The van der Waals surface area contributed by atoms with E-state index in [9.17, 15) is 0 Å². The molecular weight excluding hydrogens is 534 g/mol. The van der Waals surface area contributed by atoms with Crippen molar-refractivity contribution in [2.45, 2.75) is 38.0 Å². The summed E-state index contributed by atoms with van der Waals surface area (Å²) in [7, 11) is 0. The standard InChI is InChI=1S/C42H33NO/c1-2-13-30(14-3-1)35-19-10-20-40-41(35)38-27-39(36-17-8-9-18-37(36)42(38)44-40)43(33-23-21-28-11-4-6-15-31(28)25-33)34-24-22-29-12-5-7-16-32(29)26-34/h4-12,15-27,30H,1-3,13-14H2. The predicted octanol–water partition coefficient (Wildman–Crippen LogP) is 12.6. The monoisotopic (exact) mass is 567 g/mol. The number of anilines is 3. The van der Waals surface area contributed by atoms with Crippen LogP contribution in [0.2, 0.25) is 0 Å². The highest BCUT2D eigenvalue weighted by Crippen LogP contribution is 2.47. The minimum Gasteiger partial charge on any atom is -0.455 e. The molecule has 8 aromatic rings. The van der Waals surface area contributed by atoms with E-state index in [1.165, 1.54) is 81.1 Å². The fraction of sp³-hybridized carbons (Fsp3) is 0.143. The highest BCUT2D eigenvalue weighted by Gasteiger charge is 2.24. The Labute approximate surface area is 257 Å². The quantitative estimate of drug-likeness (QED) is 0.210. The molecule has 0 bridgehead atoms. The molecule has 0 amide bonds. The number of hydrogen-bond donors (Lipinski definition) is 0. The van der Waals surface area contributed by atoms with Crippen molar-refractivity contribution in [3.63, 3.8) is 0 Å². The average Bonchev–Trinajstić information content (AvgIpc) is 3.48. The molecule has 0 aliphatic heterocycles. The fourth-order valence-corrected chi connectivity index (χ4v) is 7.65. The van der Waals surface area contributed by atoms with Gasteiger partial charge in [0.1, 0.15) is 11.2 Å². The van der Waals surface area contributed by atoms with E-state index in [4.69, 9.17) is 4.42 Å². The molecule has 0 N–H and O–H groups in total. The maximum atomic E-state index is 6.74. The Kier molecular flexibility index (Phi) is 5.94. The molecule has 0 spiro atoms. The maximum absolute atomic E-state index is 6.74. The Morgan fingerprint density at radius 2 is 1.11 bits per heavy atom. The van der Waals surface area contributed by atoms with Crippen LogP contribution >= 0.6 is 0 Å². The molecule has 2 heteroatoms. The molecule has 0 saturated heterocycles.